The lowest BCUT2D eigenvalue weighted by Crippen LogP contribution is -2.23. The molecule has 1 aromatic carbocycles. The van der Waals surface area contributed by atoms with Gasteiger partial charge in [0.25, 0.3) is 0 Å². The molecule has 0 radical (unpaired) electrons. The molecule has 0 amide bonds. The fraction of sp³-hybridized carbons (Fsp3) is 0.571. The van der Waals surface area contributed by atoms with Crippen molar-refractivity contribution in [2.45, 2.75) is 37.6 Å². The Bertz CT molecular complexity index is 333. The fourth-order valence-electron chi connectivity index (χ4n) is 2.32. The SMILES string of the molecule is Cc1ccc(CC(Br)C2CCOC2C)cc1. The maximum absolute atomic E-state index is 5.61. The highest BCUT2D eigenvalue weighted by Gasteiger charge is 2.30. The van der Waals surface area contributed by atoms with Crippen LogP contribution in [0.1, 0.15) is 24.5 Å². The molecule has 0 bridgehead atoms. The van der Waals surface area contributed by atoms with Crippen molar-refractivity contribution in [1.29, 1.82) is 0 Å². The summed E-state index contributed by atoms with van der Waals surface area (Å²) in [4.78, 5) is 0.535. The van der Waals surface area contributed by atoms with Crippen molar-refractivity contribution < 1.29 is 4.74 Å². The summed E-state index contributed by atoms with van der Waals surface area (Å²) in [6, 6.07) is 8.82. The minimum Gasteiger partial charge on any atom is -0.378 e. The zero-order valence-corrected chi connectivity index (χ0v) is 11.5. The maximum atomic E-state index is 5.61. The first-order valence-electron chi connectivity index (χ1n) is 5.98. The molecule has 0 saturated carbocycles. The second-order valence-corrected chi connectivity index (χ2v) is 5.91. The average Bonchev–Trinajstić information content (AvgIpc) is 2.68. The van der Waals surface area contributed by atoms with Crippen molar-refractivity contribution in [3.8, 4) is 0 Å². The smallest absolute Gasteiger partial charge is 0.0586 e. The number of ether oxygens (including phenoxy) is 1. The quantitative estimate of drug-likeness (QED) is 0.768. The van der Waals surface area contributed by atoms with Gasteiger partial charge in [0, 0.05) is 11.4 Å². The molecular formula is C14H19BrO. The predicted molar refractivity (Wildman–Crippen MR) is 71.1 cm³/mol. The third-order valence-electron chi connectivity index (χ3n) is 3.45. The minimum atomic E-state index is 0.398. The van der Waals surface area contributed by atoms with Crippen LogP contribution in [0.3, 0.4) is 0 Å². The van der Waals surface area contributed by atoms with Crippen LogP contribution >= 0.6 is 15.9 Å². The molecule has 1 aromatic rings. The van der Waals surface area contributed by atoms with Gasteiger partial charge in [-0.25, -0.2) is 0 Å². The maximum Gasteiger partial charge on any atom is 0.0586 e. The van der Waals surface area contributed by atoms with Gasteiger partial charge in [0.05, 0.1) is 6.10 Å². The molecule has 2 heteroatoms. The van der Waals surface area contributed by atoms with E-state index in [1.165, 1.54) is 17.5 Å². The zero-order chi connectivity index (χ0) is 11.5. The van der Waals surface area contributed by atoms with E-state index in [0.717, 1.165) is 13.0 Å². The molecule has 0 aromatic heterocycles. The molecule has 3 atom stereocenters. The molecule has 2 rings (SSSR count). The Labute approximate surface area is 106 Å². The second-order valence-electron chi connectivity index (χ2n) is 4.73. The van der Waals surface area contributed by atoms with Crippen molar-refractivity contribution in [2.75, 3.05) is 6.61 Å². The summed E-state index contributed by atoms with van der Waals surface area (Å²) in [5.41, 5.74) is 2.74. The molecule has 0 N–H and O–H groups in total. The van der Waals surface area contributed by atoms with Crippen molar-refractivity contribution in [1.82, 2.24) is 0 Å². The van der Waals surface area contributed by atoms with Gasteiger partial charge < -0.3 is 4.74 Å². The van der Waals surface area contributed by atoms with Crippen molar-refractivity contribution >= 4 is 15.9 Å². The van der Waals surface area contributed by atoms with Gasteiger partial charge in [0.15, 0.2) is 0 Å². The zero-order valence-electron chi connectivity index (χ0n) is 9.95. The lowest BCUT2D eigenvalue weighted by atomic mass is 9.94. The van der Waals surface area contributed by atoms with E-state index in [0.29, 0.717) is 16.8 Å². The Balaban J connectivity index is 1.96. The molecule has 3 unspecified atom stereocenters. The van der Waals surface area contributed by atoms with E-state index in [9.17, 15) is 0 Å². The van der Waals surface area contributed by atoms with Crippen LogP contribution in [0.25, 0.3) is 0 Å². The van der Waals surface area contributed by atoms with Crippen LogP contribution in [0.5, 0.6) is 0 Å². The van der Waals surface area contributed by atoms with Gasteiger partial charge in [0.2, 0.25) is 0 Å². The van der Waals surface area contributed by atoms with Gasteiger partial charge in [-0.1, -0.05) is 45.8 Å². The van der Waals surface area contributed by atoms with E-state index in [2.05, 4.69) is 54.0 Å². The molecule has 1 heterocycles. The monoisotopic (exact) mass is 282 g/mol. The van der Waals surface area contributed by atoms with Gasteiger partial charge in [-0.2, -0.15) is 0 Å². The van der Waals surface area contributed by atoms with E-state index in [-0.39, 0.29) is 0 Å². The van der Waals surface area contributed by atoms with Crippen LogP contribution < -0.4 is 0 Å². The first-order valence-corrected chi connectivity index (χ1v) is 6.89. The average molecular weight is 283 g/mol. The molecule has 1 nitrogen and oxygen atoms in total. The van der Waals surface area contributed by atoms with Crippen LogP contribution in [0.15, 0.2) is 24.3 Å². The van der Waals surface area contributed by atoms with Gasteiger partial charge in [-0.15, -0.1) is 0 Å². The molecule has 1 fully saturated rings. The van der Waals surface area contributed by atoms with Crippen molar-refractivity contribution in [3.05, 3.63) is 35.4 Å². The van der Waals surface area contributed by atoms with E-state index in [4.69, 9.17) is 4.74 Å². The number of hydrogen-bond donors (Lipinski definition) is 0. The van der Waals surface area contributed by atoms with Crippen LogP contribution in [-0.2, 0) is 11.2 Å². The summed E-state index contributed by atoms with van der Waals surface area (Å²) in [6.45, 7) is 5.23. The molecule has 1 aliphatic heterocycles. The Morgan fingerprint density at radius 1 is 1.38 bits per heavy atom. The highest BCUT2D eigenvalue weighted by molar-refractivity contribution is 9.09. The van der Waals surface area contributed by atoms with E-state index in [1.54, 1.807) is 0 Å². The first kappa shape index (κ1) is 12.1. The number of hydrogen-bond acceptors (Lipinski definition) is 1. The van der Waals surface area contributed by atoms with E-state index >= 15 is 0 Å². The van der Waals surface area contributed by atoms with Gasteiger partial charge in [-0.3, -0.25) is 0 Å². The van der Waals surface area contributed by atoms with Crippen LogP contribution in [0.4, 0.5) is 0 Å². The molecule has 1 saturated heterocycles. The van der Waals surface area contributed by atoms with Gasteiger partial charge in [-0.05, 0) is 38.2 Å². The summed E-state index contributed by atoms with van der Waals surface area (Å²) in [5, 5.41) is 0. The summed E-state index contributed by atoms with van der Waals surface area (Å²) in [6.07, 6.45) is 2.68. The minimum absolute atomic E-state index is 0.398. The molecular weight excluding hydrogens is 264 g/mol. The third-order valence-corrected chi connectivity index (χ3v) is 4.45. The molecule has 16 heavy (non-hydrogen) atoms. The second kappa shape index (κ2) is 5.33. The fourth-order valence-corrected chi connectivity index (χ4v) is 3.39. The summed E-state index contributed by atoms with van der Waals surface area (Å²) in [7, 11) is 0. The standard InChI is InChI=1S/C14H19BrO/c1-10-3-5-12(6-4-10)9-14(15)13-7-8-16-11(13)2/h3-6,11,13-14H,7-9H2,1-2H3. The highest BCUT2D eigenvalue weighted by Crippen LogP contribution is 2.30. The van der Waals surface area contributed by atoms with Crippen LogP contribution in [0, 0.1) is 12.8 Å². The van der Waals surface area contributed by atoms with Crippen LogP contribution in [0.2, 0.25) is 0 Å². The number of halogens is 1. The van der Waals surface area contributed by atoms with Gasteiger partial charge in [0.1, 0.15) is 0 Å². The Morgan fingerprint density at radius 2 is 2.06 bits per heavy atom. The molecule has 88 valence electrons. The van der Waals surface area contributed by atoms with Crippen molar-refractivity contribution in [3.63, 3.8) is 0 Å². The topological polar surface area (TPSA) is 9.23 Å². The number of aryl methyl sites for hydroxylation is 1. The Kier molecular flexibility index (Phi) is 4.04. The molecule has 0 spiro atoms. The number of rotatable bonds is 3. The lowest BCUT2D eigenvalue weighted by Gasteiger charge is -2.20. The lowest BCUT2D eigenvalue weighted by molar-refractivity contribution is 0.105. The third kappa shape index (κ3) is 2.86. The number of benzene rings is 1. The summed E-state index contributed by atoms with van der Waals surface area (Å²) < 4.78 is 5.61. The molecule has 0 aliphatic carbocycles. The summed E-state index contributed by atoms with van der Waals surface area (Å²) >= 11 is 3.82. The van der Waals surface area contributed by atoms with E-state index < -0.39 is 0 Å². The normalized spacial score (nSPS) is 26.9. The van der Waals surface area contributed by atoms with E-state index in [1.807, 2.05) is 0 Å². The Morgan fingerprint density at radius 3 is 2.62 bits per heavy atom. The first-order chi connectivity index (χ1) is 7.66. The summed E-state index contributed by atoms with van der Waals surface area (Å²) in [5.74, 6) is 0.654. The highest BCUT2D eigenvalue weighted by atomic mass is 79.9. The molecule has 1 aliphatic rings. The Hall–Kier alpha value is -0.340. The number of alkyl halides is 1. The largest absolute Gasteiger partial charge is 0.378 e. The predicted octanol–water partition coefficient (Wildman–Crippen LogP) is 3.73. The van der Waals surface area contributed by atoms with Gasteiger partial charge >= 0.3 is 0 Å². The van der Waals surface area contributed by atoms with Crippen LogP contribution in [-0.4, -0.2) is 17.5 Å². The van der Waals surface area contributed by atoms with Crippen molar-refractivity contribution in [2.24, 2.45) is 5.92 Å².